The van der Waals surface area contributed by atoms with Crippen molar-refractivity contribution in [1.29, 1.82) is 0 Å². The number of nitrogens with zero attached hydrogens (tertiary/aromatic N) is 1. The molecule has 4 N–H and O–H groups in total. The molecule has 1 aromatic rings. The Kier molecular flexibility index (Phi) is 8.72. The van der Waals surface area contributed by atoms with Crippen LogP contribution in [0.2, 0.25) is 0 Å². The Hall–Kier alpha value is -2.44. The largest absolute Gasteiger partial charge is 0.481 e. The number of ether oxygens (including phenoxy) is 2. The van der Waals surface area contributed by atoms with Gasteiger partial charge in [0, 0.05) is 30.6 Å². The van der Waals surface area contributed by atoms with Crippen LogP contribution >= 0.6 is 0 Å². The number of hydrogen-bond acceptors (Lipinski definition) is 9. The number of hydrogen-bond donors (Lipinski definition) is 4. The number of rotatable bonds is 9. The highest BCUT2D eigenvalue weighted by atomic mass is 32.2. The van der Waals surface area contributed by atoms with Gasteiger partial charge >= 0.3 is 6.09 Å². The predicted molar refractivity (Wildman–Crippen MR) is 125 cm³/mol. The Morgan fingerprint density at radius 1 is 1.26 bits per heavy atom. The van der Waals surface area contributed by atoms with Gasteiger partial charge in [-0.15, -0.1) is 0 Å². The number of amides is 2. The minimum atomic E-state index is -3.54. The summed E-state index contributed by atoms with van der Waals surface area (Å²) in [6, 6.07) is 1.68. The molecule has 2 amide bonds. The van der Waals surface area contributed by atoms with E-state index in [0.29, 0.717) is 17.9 Å². The van der Waals surface area contributed by atoms with Crippen molar-refractivity contribution in [2.45, 2.75) is 81.6 Å². The van der Waals surface area contributed by atoms with E-state index in [9.17, 15) is 18.0 Å². The lowest BCUT2D eigenvalue weighted by Gasteiger charge is -2.19. The second-order valence-electron chi connectivity index (χ2n) is 9.09. The van der Waals surface area contributed by atoms with Crippen molar-refractivity contribution in [3.05, 3.63) is 17.8 Å². The van der Waals surface area contributed by atoms with Crippen LogP contribution in [0.1, 0.15) is 51.5 Å². The van der Waals surface area contributed by atoms with E-state index in [0.717, 1.165) is 31.9 Å². The first-order valence-electron chi connectivity index (χ1n) is 11.6. The maximum absolute atomic E-state index is 12.7. The minimum Gasteiger partial charge on any atom is -0.481 e. The summed E-state index contributed by atoms with van der Waals surface area (Å²) < 4.78 is 34.7. The van der Waals surface area contributed by atoms with Gasteiger partial charge in [-0.3, -0.25) is 10.2 Å². The van der Waals surface area contributed by atoms with E-state index < -0.39 is 9.84 Å². The summed E-state index contributed by atoms with van der Waals surface area (Å²) >= 11 is 0. The van der Waals surface area contributed by atoms with E-state index in [1.807, 2.05) is 13.8 Å². The van der Waals surface area contributed by atoms with Crippen LogP contribution in [0, 0.1) is 5.92 Å². The number of alkyl carbamates (subject to hydrolysis) is 1. The number of pyridine rings is 1. The maximum atomic E-state index is 12.7. The van der Waals surface area contributed by atoms with Crippen molar-refractivity contribution in [3.8, 4) is 5.88 Å². The van der Waals surface area contributed by atoms with Crippen LogP contribution in [0.5, 0.6) is 5.88 Å². The lowest BCUT2D eigenvalue weighted by molar-refractivity contribution is -0.121. The molecule has 5 atom stereocenters. The van der Waals surface area contributed by atoms with Crippen molar-refractivity contribution in [1.82, 2.24) is 26.5 Å². The van der Waals surface area contributed by atoms with Crippen molar-refractivity contribution in [2.75, 3.05) is 13.4 Å². The number of nitrogens with one attached hydrogen (secondary N) is 4. The standard InChI is InChI=1S/C22H35N5O6S/c1-5-13(2)24-22(29)33-16-7-6-14(8-16)17-11-19(27-26-17)25-20(28)9-15-10-21(32-3)23-12-18(15)34(4,30)31/h10,12-14,16-17,19,26-27H,5-9,11H2,1-4H3,(H,24,29)(H,25,28)/t13-,14-,16+,17?,19?/m0/s1. The summed E-state index contributed by atoms with van der Waals surface area (Å²) in [6.07, 6.45) is 5.42. The third kappa shape index (κ3) is 7.03. The first kappa shape index (κ1) is 26.2. The number of aromatic nitrogens is 1. The predicted octanol–water partition coefficient (Wildman–Crippen LogP) is 1.04. The van der Waals surface area contributed by atoms with Crippen LogP contribution < -0.4 is 26.2 Å². The van der Waals surface area contributed by atoms with Crippen molar-refractivity contribution >= 4 is 21.8 Å². The van der Waals surface area contributed by atoms with Crippen molar-refractivity contribution in [2.24, 2.45) is 5.92 Å². The third-order valence-electron chi connectivity index (χ3n) is 6.40. The average molecular weight is 498 g/mol. The van der Waals surface area contributed by atoms with Crippen LogP contribution in [0.4, 0.5) is 4.79 Å². The molecule has 1 aliphatic heterocycles. The second-order valence-corrected chi connectivity index (χ2v) is 11.1. The summed E-state index contributed by atoms with van der Waals surface area (Å²) in [4.78, 5) is 28.6. The Bertz CT molecular complexity index is 988. The molecule has 190 valence electrons. The van der Waals surface area contributed by atoms with Gasteiger partial charge in [-0.05, 0) is 50.5 Å². The molecule has 0 bridgehead atoms. The smallest absolute Gasteiger partial charge is 0.407 e. The number of hydrazine groups is 1. The first-order valence-corrected chi connectivity index (χ1v) is 13.5. The maximum Gasteiger partial charge on any atom is 0.407 e. The van der Waals surface area contributed by atoms with Crippen LogP contribution in [0.15, 0.2) is 17.2 Å². The highest BCUT2D eigenvalue weighted by Crippen LogP contribution is 2.33. The van der Waals surface area contributed by atoms with Gasteiger partial charge < -0.3 is 20.1 Å². The molecule has 2 aliphatic rings. The van der Waals surface area contributed by atoms with E-state index >= 15 is 0 Å². The lowest BCUT2D eigenvalue weighted by Crippen LogP contribution is -2.45. The van der Waals surface area contributed by atoms with E-state index in [1.54, 1.807) is 0 Å². The zero-order valence-electron chi connectivity index (χ0n) is 20.1. The van der Waals surface area contributed by atoms with E-state index in [4.69, 9.17) is 9.47 Å². The SMILES string of the molecule is CC[C@H](C)NC(=O)O[C@@H]1CC[C@H](C2CC(NC(=O)Cc3cc(OC)ncc3S(C)(=O)=O)NN2)C1. The Labute approximate surface area is 200 Å². The Morgan fingerprint density at radius 2 is 2.03 bits per heavy atom. The molecule has 3 rings (SSSR count). The van der Waals surface area contributed by atoms with Gasteiger partial charge in [-0.2, -0.15) is 0 Å². The van der Waals surface area contributed by atoms with Crippen LogP contribution in [-0.4, -0.2) is 63.1 Å². The molecule has 0 aromatic carbocycles. The zero-order chi connectivity index (χ0) is 24.9. The fourth-order valence-electron chi connectivity index (χ4n) is 4.38. The van der Waals surface area contributed by atoms with Gasteiger partial charge in [0.25, 0.3) is 0 Å². The lowest BCUT2D eigenvalue weighted by atomic mass is 9.96. The molecule has 2 unspecified atom stereocenters. The van der Waals surface area contributed by atoms with Crippen molar-refractivity contribution < 1.29 is 27.5 Å². The van der Waals surface area contributed by atoms with Gasteiger partial charge in [-0.25, -0.2) is 23.6 Å². The van der Waals surface area contributed by atoms with E-state index in [-0.39, 0.29) is 53.6 Å². The number of carbonyl (C=O) groups is 2. The molecular formula is C22H35N5O6S. The third-order valence-corrected chi connectivity index (χ3v) is 7.56. The fraction of sp³-hybridized carbons (Fsp3) is 0.682. The van der Waals surface area contributed by atoms with Gasteiger partial charge in [-0.1, -0.05) is 6.92 Å². The van der Waals surface area contributed by atoms with Crippen molar-refractivity contribution in [3.63, 3.8) is 0 Å². The molecule has 2 heterocycles. The highest BCUT2D eigenvalue weighted by Gasteiger charge is 2.37. The van der Waals surface area contributed by atoms with Gasteiger partial charge in [0.15, 0.2) is 9.84 Å². The number of sulfone groups is 1. The quantitative estimate of drug-likeness (QED) is 0.393. The zero-order valence-corrected chi connectivity index (χ0v) is 20.9. The molecule has 1 saturated carbocycles. The average Bonchev–Trinajstić information content (AvgIpc) is 3.42. The second kappa shape index (κ2) is 11.3. The first-order chi connectivity index (χ1) is 16.1. The summed E-state index contributed by atoms with van der Waals surface area (Å²) in [6.45, 7) is 3.94. The molecule has 1 aromatic heterocycles. The normalized spacial score (nSPS) is 25.5. The molecular weight excluding hydrogens is 462 g/mol. The number of carbonyl (C=O) groups excluding carboxylic acids is 2. The fourth-order valence-corrected chi connectivity index (χ4v) is 5.24. The summed E-state index contributed by atoms with van der Waals surface area (Å²) in [5.41, 5.74) is 6.67. The molecule has 11 nitrogen and oxygen atoms in total. The Morgan fingerprint density at radius 3 is 2.71 bits per heavy atom. The summed E-state index contributed by atoms with van der Waals surface area (Å²) in [5, 5.41) is 5.73. The van der Waals surface area contributed by atoms with Crippen LogP contribution in [0.3, 0.4) is 0 Å². The van der Waals surface area contributed by atoms with Crippen LogP contribution in [0.25, 0.3) is 0 Å². The van der Waals surface area contributed by atoms with Gasteiger partial charge in [0.05, 0.1) is 24.6 Å². The highest BCUT2D eigenvalue weighted by molar-refractivity contribution is 7.90. The summed E-state index contributed by atoms with van der Waals surface area (Å²) in [7, 11) is -2.11. The molecule has 0 spiro atoms. The monoisotopic (exact) mass is 497 g/mol. The minimum absolute atomic E-state index is 0.00759. The van der Waals surface area contributed by atoms with E-state index in [2.05, 4.69) is 26.5 Å². The van der Waals surface area contributed by atoms with Gasteiger partial charge in [0.1, 0.15) is 6.10 Å². The molecule has 1 aliphatic carbocycles. The summed E-state index contributed by atoms with van der Waals surface area (Å²) in [5.74, 6) is 0.247. The van der Waals surface area contributed by atoms with Crippen LogP contribution in [-0.2, 0) is 25.8 Å². The molecule has 0 radical (unpaired) electrons. The topological polar surface area (TPSA) is 148 Å². The van der Waals surface area contributed by atoms with Gasteiger partial charge in [0.2, 0.25) is 11.8 Å². The number of methoxy groups -OCH3 is 1. The molecule has 1 saturated heterocycles. The molecule has 2 fully saturated rings. The molecule has 12 heteroatoms. The molecule has 34 heavy (non-hydrogen) atoms. The van der Waals surface area contributed by atoms with E-state index in [1.165, 1.54) is 19.4 Å². The Balaban J connectivity index is 1.50.